The summed E-state index contributed by atoms with van der Waals surface area (Å²) in [6.45, 7) is 4.74. The number of rotatable bonds is 8. The third-order valence-corrected chi connectivity index (χ3v) is 4.16. The lowest BCUT2D eigenvalue weighted by Gasteiger charge is -2.26. The SMILES string of the molecule is O=C(NCCCN1CCOCC1)c1ccn(COc2ccc(F)cc2F)n1. The molecule has 2 aromatic rings. The molecule has 0 unspecified atom stereocenters. The number of nitrogens with one attached hydrogen (secondary N) is 1. The minimum absolute atomic E-state index is 0.0824. The normalized spacial score (nSPS) is 14.9. The first kappa shape index (κ1) is 19.2. The Bertz CT molecular complexity index is 763. The first-order valence-electron chi connectivity index (χ1n) is 8.81. The lowest BCUT2D eigenvalue weighted by molar-refractivity contribution is 0.0374. The molecule has 1 saturated heterocycles. The van der Waals surface area contributed by atoms with Gasteiger partial charge in [0, 0.05) is 31.9 Å². The van der Waals surface area contributed by atoms with Crippen LogP contribution in [0.3, 0.4) is 0 Å². The summed E-state index contributed by atoms with van der Waals surface area (Å²) in [5, 5.41) is 6.92. The summed E-state index contributed by atoms with van der Waals surface area (Å²) in [5.74, 6) is -1.82. The molecular weight excluding hydrogens is 358 g/mol. The highest BCUT2D eigenvalue weighted by molar-refractivity contribution is 5.92. The van der Waals surface area contributed by atoms with Gasteiger partial charge in [-0.15, -0.1) is 0 Å². The van der Waals surface area contributed by atoms with Crippen LogP contribution in [-0.4, -0.2) is 60.0 Å². The molecule has 2 heterocycles. The van der Waals surface area contributed by atoms with E-state index in [0.29, 0.717) is 6.54 Å². The van der Waals surface area contributed by atoms with Crippen molar-refractivity contribution in [1.82, 2.24) is 20.0 Å². The number of carbonyl (C=O) groups is 1. The van der Waals surface area contributed by atoms with Crippen LogP contribution in [0.25, 0.3) is 0 Å². The predicted octanol–water partition coefficient (Wildman–Crippen LogP) is 1.65. The number of benzene rings is 1. The van der Waals surface area contributed by atoms with Gasteiger partial charge in [0.1, 0.15) is 11.5 Å². The van der Waals surface area contributed by atoms with Crippen LogP contribution >= 0.6 is 0 Å². The van der Waals surface area contributed by atoms with Gasteiger partial charge in [-0.1, -0.05) is 0 Å². The minimum atomic E-state index is -0.791. The van der Waals surface area contributed by atoms with Crippen LogP contribution in [0.1, 0.15) is 16.9 Å². The van der Waals surface area contributed by atoms with Crippen LogP contribution in [-0.2, 0) is 11.5 Å². The van der Waals surface area contributed by atoms with Crippen molar-refractivity contribution in [3.05, 3.63) is 47.8 Å². The third-order valence-electron chi connectivity index (χ3n) is 4.16. The number of carbonyl (C=O) groups excluding carboxylic acids is 1. The quantitative estimate of drug-likeness (QED) is 0.706. The molecule has 0 radical (unpaired) electrons. The zero-order chi connectivity index (χ0) is 19.1. The Morgan fingerprint density at radius 1 is 1.26 bits per heavy atom. The van der Waals surface area contributed by atoms with E-state index in [4.69, 9.17) is 9.47 Å². The molecule has 1 aromatic heterocycles. The molecule has 3 rings (SSSR count). The number of morpholine rings is 1. The molecular formula is C18H22F2N4O3. The van der Waals surface area contributed by atoms with Gasteiger partial charge in [0.15, 0.2) is 18.3 Å². The molecule has 1 N–H and O–H groups in total. The van der Waals surface area contributed by atoms with Crippen molar-refractivity contribution in [3.8, 4) is 5.75 Å². The maximum atomic E-state index is 13.5. The molecule has 0 saturated carbocycles. The Hall–Kier alpha value is -2.52. The lowest BCUT2D eigenvalue weighted by Crippen LogP contribution is -2.38. The van der Waals surface area contributed by atoms with Crippen molar-refractivity contribution >= 4 is 5.91 Å². The Balaban J connectivity index is 1.40. The lowest BCUT2D eigenvalue weighted by atomic mass is 10.3. The summed E-state index contributed by atoms with van der Waals surface area (Å²) in [6.07, 6.45) is 2.41. The van der Waals surface area contributed by atoms with E-state index in [2.05, 4.69) is 15.3 Å². The summed E-state index contributed by atoms with van der Waals surface area (Å²) in [5.41, 5.74) is 0.254. The van der Waals surface area contributed by atoms with Crippen LogP contribution in [0.2, 0.25) is 0 Å². The summed E-state index contributed by atoms with van der Waals surface area (Å²) in [6, 6.07) is 4.61. The fourth-order valence-corrected chi connectivity index (χ4v) is 2.70. The Morgan fingerprint density at radius 2 is 2.07 bits per heavy atom. The fraction of sp³-hybridized carbons (Fsp3) is 0.444. The van der Waals surface area contributed by atoms with Crippen LogP contribution in [0, 0.1) is 11.6 Å². The highest BCUT2D eigenvalue weighted by Crippen LogP contribution is 2.17. The zero-order valence-corrected chi connectivity index (χ0v) is 14.9. The molecule has 0 aliphatic carbocycles. The van der Waals surface area contributed by atoms with E-state index in [1.54, 1.807) is 12.3 Å². The number of hydrogen-bond donors (Lipinski definition) is 1. The van der Waals surface area contributed by atoms with E-state index >= 15 is 0 Å². The van der Waals surface area contributed by atoms with Crippen molar-refractivity contribution in [3.63, 3.8) is 0 Å². The smallest absolute Gasteiger partial charge is 0.271 e. The maximum Gasteiger partial charge on any atom is 0.271 e. The monoisotopic (exact) mass is 380 g/mol. The van der Waals surface area contributed by atoms with Crippen molar-refractivity contribution in [2.75, 3.05) is 39.4 Å². The van der Waals surface area contributed by atoms with E-state index in [-0.39, 0.29) is 24.1 Å². The van der Waals surface area contributed by atoms with Gasteiger partial charge in [-0.25, -0.2) is 13.5 Å². The molecule has 1 aliphatic heterocycles. The number of nitrogens with zero attached hydrogens (tertiary/aromatic N) is 3. The third kappa shape index (κ3) is 5.73. The van der Waals surface area contributed by atoms with Crippen LogP contribution in [0.15, 0.2) is 30.5 Å². The molecule has 7 nitrogen and oxygen atoms in total. The van der Waals surface area contributed by atoms with E-state index in [0.717, 1.165) is 51.4 Å². The van der Waals surface area contributed by atoms with Gasteiger partial charge in [0.25, 0.3) is 5.91 Å². The first-order valence-corrected chi connectivity index (χ1v) is 8.81. The van der Waals surface area contributed by atoms with Gasteiger partial charge in [-0.05, 0) is 31.2 Å². The second-order valence-corrected chi connectivity index (χ2v) is 6.15. The summed E-state index contributed by atoms with van der Waals surface area (Å²) in [4.78, 5) is 14.4. The molecule has 0 atom stereocenters. The average Bonchev–Trinajstić information content (AvgIpc) is 3.14. The van der Waals surface area contributed by atoms with E-state index in [1.807, 2.05) is 0 Å². The average molecular weight is 380 g/mol. The minimum Gasteiger partial charge on any atom is -0.468 e. The largest absolute Gasteiger partial charge is 0.468 e. The van der Waals surface area contributed by atoms with Gasteiger partial charge < -0.3 is 14.8 Å². The molecule has 0 bridgehead atoms. The zero-order valence-electron chi connectivity index (χ0n) is 14.9. The summed E-state index contributed by atoms with van der Waals surface area (Å²) < 4.78 is 38.3. The standard InChI is InChI=1S/C18H22F2N4O3/c19-14-2-3-17(15(20)12-14)27-13-24-7-4-16(22-24)18(25)21-5-1-6-23-8-10-26-11-9-23/h2-4,7,12H,1,5-6,8-11,13H2,(H,21,25). The van der Waals surface area contributed by atoms with E-state index < -0.39 is 11.6 Å². The highest BCUT2D eigenvalue weighted by atomic mass is 19.1. The Morgan fingerprint density at radius 3 is 2.85 bits per heavy atom. The first-order chi connectivity index (χ1) is 13.1. The highest BCUT2D eigenvalue weighted by Gasteiger charge is 2.12. The van der Waals surface area contributed by atoms with Crippen LogP contribution < -0.4 is 10.1 Å². The number of amides is 1. The fourth-order valence-electron chi connectivity index (χ4n) is 2.70. The van der Waals surface area contributed by atoms with Crippen molar-refractivity contribution in [2.45, 2.75) is 13.2 Å². The number of aromatic nitrogens is 2. The molecule has 9 heteroatoms. The second kappa shape index (κ2) is 9.43. The predicted molar refractivity (Wildman–Crippen MR) is 93.4 cm³/mol. The summed E-state index contributed by atoms with van der Waals surface area (Å²) in [7, 11) is 0. The molecule has 0 spiro atoms. The van der Waals surface area contributed by atoms with Gasteiger partial charge in [0.2, 0.25) is 0 Å². The summed E-state index contributed by atoms with van der Waals surface area (Å²) >= 11 is 0. The Kier molecular flexibility index (Phi) is 6.72. The molecule has 1 fully saturated rings. The van der Waals surface area contributed by atoms with Crippen molar-refractivity contribution in [2.24, 2.45) is 0 Å². The topological polar surface area (TPSA) is 68.6 Å². The number of hydrogen-bond acceptors (Lipinski definition) is 5. The van der Waals surface area contributed by atoms with Crippen LogP contribution in [0.5, 0.6) is 5.75 Å². The van der Waals surface area contributed by atoms with Crippen molar-refractivity contribution < 1.29 is 23.0 Å². The molecule has 1 aliphatic rings. The van der Waals surface area contributed by atoms with Crippen LogP contribution in [0.4, 0.5) is 8.78 Å². The van der Waals surface area contributed by atoms with E-state index in [9.17, 15) is 13.6 Å². The maximum absolute atomic E-state index is 13.5. The van der Waals surface area contributed by atoms with Gasteiger partial charge in [0.05, 0.1) is 13.2 Å². The molecule has 146 valence electrons. The second-order valence-electron chi connectivity index (χ2n) is 6.15. The van der Waals surface area contributed by atoms with Gasteiger partial charge >= 0.3 is 0 Å². The molecule has 1 aromatic carbocycles. The number of halogens is 2. The van der Waals surface area contributed by atoms with Crippen molar-refractivity contribution in [1.29, 1.82) is 0 Å². The molecule has 1 amide bonds. The number of ether oxygens (including phenoxy) is 2. The molecule has 27 heavy (non-hydrogen) atoms. The van der Waals surface area contributed by atoms with E-state index in [1.165, 1.54) is 10.7 Å². The van der Waals surface area contributed by atoms with Gasteiger partial charge in [-0.2, -0.15) is 5.10 Å². The van der Waals surface area contributed by atoms with Gasteiger partial charge in [-0.3, -0.25) is 9.69 Å². The Labute approximate surface area is 155 Å².